The average molecular weight is 472 g/mol. The fourth-order valence-corrected chi connectivity index (χ4v) is 4.94. The molecule has 170 valence electrons. The quantitative estimate of drug-likeness (QED) is 0.467. The molecule has 0 spiro atoms. The van der Waals surface area contributed by atoms with Crippen molar-refractivity contribution in [2.24, 2.45) is 7.05 Å². The van der Waals surface area contributed by atoms with Gasteiger partial charge in [0.15, 0.2) is 0 Å². The third-order valence-electron chi connectivity index (χ3n) is 6.61. The van der Waals surface area contributed by atoms with Crippen LogP contribution in [0.15, 0.2) is 61.1 Å². The van der Waals surface area contributed by atoms with Crippen molar-refractivity contribution >= 4 is 35.1 Å². The maximum atomic E-state index is 13.6. The minimum Gasteiger partial charge on any atom is -0.309 e. The number of fused-ring (bicyclic) bond motifs is 1. The van der Waals surface area contributed by atoms with Gasteiger partial charge in [0, 0.05) is 42.6 Å². The Bertz CT molecular complexity index is 1410. The first-order chi connectivity index (χ1) is 16.5. The van der Waals surface area contributed by atoms with E-state index in [-0.39, 0.29) is 5.91 Å². The Kier molecular flexibility index (Phi) is 4.84. The number of aromatic nitrogens is 5. The van der Waals surface area contributed by atoms with Crippen LogP contribution in [0.5, 0.6) is 0 Å². The molecule has 3 aromatic heterocycles. The van der Waals surface area contributed by atoms with Crippen LogP contribution in [0.4, 0.5) is 17.6 Å². The van der Waals surface area contributed by atoms with Gasteiger partial charge in [0.25, 0.3) is 0 Å². The zero-order chi connectivity index (χ0) is 23.3. The van der Waals surface area contributed by atoms with Gasteiger partial charge in [-0.15, -0.1) is 0 Å². The summed E-state index contributed by atoms with van der Waals surface area (Å²) in [7, 11) is 1.85. The molecule has 0 radical (unpaired) electrons. The van der Waals surface area contributed by atoms with Crippen LogP contribution in [0.1, 0.15) is 24.0 Å². The van der Waals surface area contributed by atoms with E-state index < -0.39 is 5.41 Å². The lowest BCUT2D eigenvalue weighted by molar-refractivity contribution is -0.121. The predicted octanol–water partition coefficient (Wildman–Crippen LogP) is 4.29. The summed E-state index contributed by atoms with van der Waals surface area (Å²) in [4.78, 5) is 29.1. The first kappa shape index (κ1) is 20.8. The molecule has 0 atom stereocenters. The zero-order valence-electron chi connectivity index (χ0n) is 18.6. The maximum Gasteiger partial charge on any atom is 0.238 e. The number of carbonyl (C=O) groups excluding carboxylic acids is 1. The van der Waals surface area contributed by atoms with Crippen molar-refractivity contribution < 1.29 is 4.79 Å². The Morgan fingerprint density at radius 1 is 1.12 bits per heavy atom. The molecule has 0 bridgehead atoms. The Morgan fingerprint density at radius 3 is 2.74 bits per heavy atom. The van der Waals surface area contributed by atoms with Gasteiger partial charge in [-0.3, -0.25) is 14.4 Å². The van der Waals surface area contributed by atoms with Gasteiger partial charge in [0.2, 0.25) is 11.9 Å². The number of nitrogens with one attached hydrogen (secondary N) is 1. The lowest BCUT2D eigenvalue weighted by Gasteiger charge is -2.24. The van der Waals surface area contributed by atoms with E-state index in [1.54, 1.807) is 23.3 Å². The van der Waals surface area contributed by atoms with Gasteiger partial charge in [0.05, 0.1) is 17.3 Å². The number of benzene rings is 1. The van der Waals surface area contributed by atoms with Crippen LogP contribution >= 0.6 is 11.6 Å². The molecule has 1 aliphatic heterocycles. The number of pyridine rings is 1. The minimum absolute atomic E-state index is 0.0873. The number of halogens is 1. The van der Waals surface area contributed by atoms with Gasteiger partial charge in [-0.1, -0.05) is 29.8 Å². The predicted molar refractivity (Wildman–Crippen MR) is 130 cm³/mol. The summed E-state index contributed by atoms with van der Waals surface area (Å²) in [5, 5.41) is 7.97. The third-order valence-corrected chi connectivity index (χ3v) is 6.94. The molecule has 2 aliphatic rings. The molecule has 1 amide bonds. The number of amides is 1. The number of nitrogens with zero attached hydrogens (tertiary/aromatic N) is 6. The lowest BCUT2D eigenvalue weighted by Crippen LogP contribution is -2.38. The fourth-order valence-electron chi connectivity index (χ4n) is 4.63. The van der Waals surface area contributed by atoms with Crippen LogP contribution < -0.4 is 10.2 Å². The van der Waals surface area contributed by atoms with Gasteiger partial charge >= 0.3 is 0 Å². The first-order valence-electron chi connectivity index (χ1n) is 11.2. The van der Waals surface area contributed by atoms with Crippen LogP contribution in [0.3, 0.4) is 0 Å². The molecule has 9 heteroatoms. The summed E-state index contributed by atoms with van der Waals surface area (Å²) in [6, 6.07) is 13.4. The van der Waals surface area contributed by atoms with Crippen molar-refractivity contribution in [1.82, 2.24) is 24.7 Å². The Hall–Kier alpha value is -3.78. The summed E-state index contributed by atoms with van der Waals surface area (Å²) >= 11 is 6.45. The zero-order valence-corrected chi connectivity index (χ0v) is 19.3. The van der Waals surface area contributed by atoms with E-state index in [1.165, 1.54) is 0 Å². The second kappa shape index (κ2) is 7.92. The second-order valence-corrected chi connectivity index (χ2v) is 9.11. The van der Waals surface area contributed by atoms with Crippen molar-refractivity contribution in [3.63, 3.8) is 0 Å². The molecule has 4 aromatic rings. The van der Waals surface area contributed by atoms with E-state index >= 15 is 0 Å². The van der Waals surface area contributed by atoms with E-state index in [0.29, 0.717) is 17.5 Å². The standard InChI is InChI=1S/C25H22ClN7O/c1-32-21(7-12-29-32)31-24-27-11-6-20(30-24)17-14-16-8-13-33(22(16)28-15-17)23(34)25(9-10-25)18-4-2-3-5-19(18)26/h2-7,11-12,14-15H,8-10,13H2,1H3,(H,27,30,31). The smallest absolute Gasteiger partial charge is 0.238 e. The Balaban J connectivity index is 1.27. The minimum atomic E-state index is -0.528. The van der Waals surface area contributed by atoms with Gasteiger partial charge in [-0.2, -0.15) is 5.10 Å². The molecule has 1 saturated carbocycles. The normalized spacial score (nSPS) is 15.8. The summed E-state index contributed by atoms with van der Waals surface area (Å²) in [6.07, 6.45) is 7.58. The number of carbonyl (C=O) groups is 1. The highest BCUT2D eigenvalue weighted by molar-refractivity contribution is 6.32. The van der Waals surface area contributed by atoms with Crippen molar-refractivity contribution in [3.05, 3.63) is 77.2 Å². The van der Waals surface area contributed by atoms with Gasteiger partial charge in [0.1, 0.15) is 11.6 Å². The van der Waals surface area contributed by atoms with Crippen LogP contribution in [0.2, 0.25) is 5.02 Å². The average Bonchev–Trinajstić information content (AvgIpc) is 3.40. The second-order valence-electron chi connectivity index (χ2n) is 8.71. The van der Waals surface area contributed by atoms with Crippen LogP contribution in [-0.2, 0) is 23.7 Å². The monoisotopic (exact) mass is 471 g/mol. The van der Waals surface area contributed by atoms with Gasteiger partial charge < -0.3 is 5.32 Å². The highest BCUT2D eigenvalue weighted by atomic mass is 35.5. The van der Waals surface area contributed by atoms with E-state index in [2.05, 4.69) is 26.4 Å². The molecule has 1 aliphatic carbocycles. The number of rotatable bonds is 5. The van der Waals surface area contributed by atoms with Crippen molar-refractivity contribution in [1.29, 1.82) is 0 Å². The third kappa shape index (κ3) is 3.42. The molecular formula is C25H22ClN7O. The number of hydrogen-bond acceptors (Lipinski definition) is 6. The summed E-state index contributed by atoms with van der Waals surface area (Å²) in [5.74, 6) is 2.10. The number of anilines is 3. The van der Waals surface area contributed by atoms with Gasteiger partial charge in [-0.05, 0) is 48.6 Å². The molecule has 0 saturated heterocycles. The van der Waals surface area contributed by atoms with E-state index in [1.807, 2.05) is 48.3 Å². The Labute approximate surface area is 201 Å². The van der Waals surface area contributed by atoms with Crippen molar-refractivity contribution in [2.45, 2.75) is 24.7 Å². The SMILES string of the molecule is Cn1nccc1Nc1nccc(-c2cnc3c(c2)CCN3C(=O)C2(c3ccccc3Cl)CC2)n1. The lowest BCUT2D eigenvalue weighted by atomic mass is 9.94. The molecule has 6 rings (SSSR count). The van der Waals surface area contributed by atoms with Crippen LogP contribution in [0, 0.1) is 0 Å². The van der Waals surface area contributed by atoms with E-state index in [4.69, 9.17) is 16.6 Å². The number of aryl methyl sites for hydroxylation is 1. The maximum absolute atomic E-state index is 13.6. The molecule has 34 heavy (non-hydrogen) atoms. The highest BCUT2D eigenvalue weighted by Gasteiger charge is 2.55. The molecule has 1 aromatic carbocycles. The molecule has 1 N–H and O–H groups in total. The molecule has 4 heterocycles. The molecule has 0 unspecified atom stereocenters. The first-order valence-corrected chi connectivity index (χ1v) is 11.6. The number of hydrogen-bond donors (Lipinski definition) is 1. The largest absolute Gasteiger partial charge is 0.309 e. The van der Waals surface area contributed by atoms with Crippen molar-refractivity contribution in [3.8, 4) is 11.3 Å². The molecular weight excluding hydrogens is 450 g/mol. The fraction of sp³-hybridized carbons (Fsp3) is 0.240. The highest BCUT2D eigenvalue weighted by Crippen LogP contribution is 2.52. The van der Waals surface area contributed by atoms with Crippen LogP contribution in [0.25, 0.3) is 11.3 Å². The van der Waals surface area contributed by atoms with E-state index in [9.17, 15) is 4.79 Å². The molecule has 1 fully saturated rings. The summed E-state index contributed by atoms with van der Waals surface area (Å²) in [5.41, 5.74) is 3.08. The summed E-state index contributed by atoms with van der Waals surface area (Å²) in [6.45, 7) is 0.619. The molecule has 8 nitrogen and oxygen atoms in total. The van der Waals surface area contributed by atoms with Crippen LogP contribution in [-0.4, -0.2) is 37.2 Å². The van der Waals surface area contributed by atoms with Gasteiger partial charge in [-0.25, -0.2) is 15.0 Å². The van der Waals surface area contributed by atoms with Crippen molar-refractivity contribution in [2.75, 3.05) is 16.8 Å². The van der Waals surface area contributed by atoms with E-state index in [0.717, 1.165) is 53.3 Å². The summed E-state index contributed by atoms with van der Waals surface area (Å²) < 4.78 is 1.72. The Morgan fingerprint density at radius 2 is 1.97 bits per heavy atom. The topological polar surface area (TPSA) is 88.8 Å².